The zero-order valence-corrected chi connectivity index (χ0v) is 22.0. The van der Waals surface area contributed by atoms with Gasteiger partial charge in [0.2, 0.25) is 6.79 Å². The summed E-state index contributed by atoms with van der Waals surface area (Å²) in [5.41, 5.74) is 2.17. The summed E-state index contributed by atoms with van der Waals surface area (Å²) < 4.78 is 45.3. The summed E-state index contributed by atoms with van der Waals surface area (Å²) in [6, 6.07) is 9.91. The molecule has 2 aliphatic rings. The number of likely N-dealkylation sites (N-methyl/N-ethyl adjacent to an activating group) is 1. The molecule has 0 saturated carbocycles. The van der Waals surface area contributed by atoms with E-state index in [2.05, 4.69) is 25.6 Å². The number of alkyl halides is 2. The molecule has 0 saturated heterocycles. The molecule has 0 bridgehead atoms. The molecule has 3 N–H and O–H groups in total. The number of fused-ring (bicyclic) bond motifs is 1. The number of anilines is 1. The molecule has 0 unspecified atom stereocenters. The Hall–Kier alpha value is -4.58. The van der Waals surface area contributed by atoms with Crippen LogP contribution in [0.3, 0.4) is 0 Å². The van der Waals surface area contributed by atoms with E-state index >= 15 is 0 Å². The van der Waals surface area contributed by atoms with E-state index in [0.717, 1.165) is 17.1 Å². The van der Waals surface area contributed by atoms with E-state index in [-0.39, 0.29) is 30.6 Å². The predicted octanol–water partition coefficient (Wildman–Crippen LogP) is 4.37. The lowest BCUT2D eigenvalue weighted by Gasteiger charge is -2.18. The minimum atomic E-state index is -2.92. The molecule has 1 heterocycles. The second-order valence-corrected chi connectivity index (χ2v) is 8.92. The molecular formula is C28H30F2N4O6. The van der Waals surface area contributed by atoms with Crippen molar-refractivity contribution in [3.05, 3.63) is 83.3 Å². The van der Waals surface area contributed by atoms with Crippen molar-refractivity contribution in [2.75, 3.05) is 39.4 Å². The first-order chi connectivity index (χ1) is 19.3. The van der Waals surface area contributed by atoms with Crippen molar-refractivity contribution in [3.63, 3.8) is 0 Å². The van der Waals surface area contributed by atoms with Gasteiger partial charge in [-0.15, -0.1) is 0 Å². The summed E-state index contributed by atoms with van der Waals surface area (Å²) in [4.78, 5) is 27.3. The van der Waals surface area contributed by atoms with Gasteiger partial charge in [-0.25, -0.2) is 4.79 Å². The van der Waals surface area contributed by atoms with Crippen LogP contribution in [0.25, 0.3) is 0 Å². The van der Waals surface area contributed by atoms with Gasteiger partial charge in [-0.05, 0) is 55.1 Å². The number of benzene rings is 2. The number of ether oxygens (including phenoxy) is 4. The number of nitrogens with zero attached hydrogens (tertiary/aromatic N) is 1. The summed E-state index contributed by atoms with van der Waals surface area (Å²) in [5, 5.41) is 8.17. The highest BCUT2D eigenvalue weighted by molar-refractivity contribution is 5.98. The number of amides is 3. The Morgan fingerprint density at radius 3 is 2.70 bits per heavy atom. The van der Waals surface area contributed by atoms with E-state index in [1.54, 1.807) is 24.3 Å². The highest BCUT2D eigenvalue weighted by Gasteiger charge is 2.16. The number of methoxy groups -OCH3 is 1. The van der Waals surface area contributed by atoms with Gasteiger partial charge in [-0.1, -0.05) is 12.1 Å². The van der Waals surface area contributed by atoms with Crippen LogP contribution in [0.4, 0.5) is 19.3 Å². The number of allylic oxidation sites excluding steroid dienone is 4. The van der Waals surface area contributed by atoms with Crippen LogP contribution in [0.5, 0.6) is 17.2 Å². The van der Waals surface area contributed by atoms with Gasteiger partial charge in [0, 0.05) is 43.5 Å². The molecule has 10 nitrogen and oxygen atoms in total. The number of urea groups is 1. The molecule has 1 aliphatic carbocycles. The first-order valence-electron chi connectivity index (χ1n) is 12.4. The molecule has 0 spiro atoms. The van der Waals surface area contributed by atoms with Gasteiger partial charge in [0.15, 0.2) is 11.5 Å². The minimum Gasteiger partial charge on any atom is -0.496 e. The van der Waals surface area contributed by atoms with E-state index in [9.17, 15) is 18.4 Å². The number of hydrogen-bond donors (Lipinski definition) is 3. The van der Waals surface area contributed by atoms with Gasteiger partial charge in [0.1, 0.15) is 11.5 Å². The zero-order chi connectivity index (χ0) is 28.5. The van der Waals surface area contributed by atoms with E-state index in [1.165, 1.54) is 25.3 Å². The minimum absolute atomic E-state index is 0.0819. The number of carbonyl (C=O) groups is 2. The molecule has 0 atom stereocenters. The maximum absolute atomic E-state index is 12.8. The maximum Gasteiger partial charge on any atom is 0.387 e. The van der Waals surface area contributed by atoms with Gasteiger partial charge >= 0.3 is 12.6 Å². The van der Waals surface area contributed by atoms with Crippen LogP contribution in [0, 0.1) is 0 Å². The average Bonchev–Trinajstić information content (AvgIpc) is 3.28. The maximum atomic E-state index is 12.8. The molecule has 0 radical (unpaired) electrons. The first kappa shape index (κ1) is 28.4. The largest absolute Gasteiger partial charge is 0.496 e. The lowest BCUT2D eigenvalue weighted by molar-refractivity contribution is -0.0971. The Morgan fingerprint density at radius 1 is 1.07 bits per heavy atom. The second-order valence-electron chi connectivity index (χ2n) is 8.92. The van der Waals surface area contributed by atoms with Gasteiger partial charge < -0.3 is 39.8 Å². The van der Waals surface area contributed by atoms with Crippen LogP contribution >= 0.6 is 0 Å². The Balaban J connectivity index is 1.26. The van der Waals surface area contributed by atoms with Crippen molar-refractivity contribution in [3.8, 4) is 17.2 Å². The Labute approximate surface area is 230 Å². The molecule has 0 fully saturated rings. The molecule has 0 aromatic heterocycles. The normalized spacial score (nSPS) is 13.8. The molecule has 40 heavy (non-hydrogen) atoms. The third-order valence-electron chi connectivity index (χ3n) is 5.94. The number of carbonyl (C=O) groups excluding carboxylic acids is 2. The number of rotatable bonds is 11. The van der Waals surface area contributed by atoms with Crippen molar-refractivity contribution in [1.29, 1.82) is 0 Å². The first-order valence-corrected chi connectivity index (χ1v) is 12.4. The van der Waals surface area contributed by atoms with Crippen molar-refractivity contribution in [1.82, 2.24) is 15.5 Å². The van der Waals surface area contributed by atoms with E-state index in [0.29, 0.717) is 36.6 Å². The molecule has 12 heteroatoms. The third kappa shape index (κ3) is 7.96. The topological polar surface area (TPSA) is 110 Å². The van der Waals surface area contributed by atoms with Crippen molar-refractivity contribution in [2.45, 2.75) is 19.6 Å². The highest BCUT2D eigenvalue weighted by atomic mass is 19.3. The van der Waals surface area contributed by atoms with Gasteiger partial charge in [0.05, 0.1) is 12.7 Å². The molecule has 2 aromatic carbocycles. The van der Waals surface area contributed by atoms with Crippen molar-refractivity contribution >= 4 is 17.6 Å². The van der Waals surface area contributed by atoms with Crippen LogP contribution in [0.15, 0.2) is 72.2 Å². The van der Waals surface area contributed by atoms with Crippen molar-refractivity contribution < 1.29 is 37.3 Å². The third-order valence-corrected chi connectivity index (χ3v) is 5.94. The fourth-order valence-corrected chi connectivity index (χ4v) is 4.03. The highest BCUT2D eigenvalue weighted by Crippen LogP contribution is 2.32. The fourth-order valence-electron chi connectivity index (χ4n) is 4.03. The Kier molecular flexibility index (Phi) is 9.57. The second kappa shape index (κ2) is 13.5. The number of hydrogen-bond acceptors (Lipinski definition) is 7. The standard InChI is InChI=1S/C28H30F2N4O6/c1-34(16-18-6-11-23-25(14-18)39-17-38-23)13-12-31-26(35)22-10-8-20(15-24(22)37-2)33-28(36)32-19-4-3-5-21(9-7-19)40-27(29)30/h3-4,6-11,14-15,27H,5,12-13,16-17H2,1-2H3,(H,31,35)(H2,32,33,36). The smallest absolute Gasteiger partial charge is 0.387 e. The zero-order valence-electron chi connectivity index (χ0n) is 22.0. The lowest BCUT2D eigenvalue weighted by atomic mass is 10.1. The molecule has 1 aliphatic heterocycles. The summed E-state index contributed by atoms with van der Waals surface area (Å²) in [7, 11) is 3.39. The molecule has 2 aromatic rings. The van der Waals surface area contributed by atoms with Gasteiger partial charge in [-0.2, -0.15) is 8.78 Å². The molecule has 3 amide bonds. The van der Waals surface area contributed by atoms with E-state index in [4.69, 9.17) is 14.2 Å². The summed E-state index contributed by atoms with van der Waals surface area (Å²) >= 11 is 0. The SMILES string of the molecule is COc1cc(NC(=O)NC2=CC=C(OC(F)F)CC=C2)ccc1C(=O)NCCN(C)Cc1ccc2c(c1)OCO2. The number of halogens is 2. The van der Waals surface area contributed by atoms with Gasteiger partial charge in [-0.3, -0.25) is 4.79 Å². The van der Waals surface area contributed by atoms with Crippen LogP contribution in [-0.4, -0.2) is 57.5 Å². The summed E-state index contributed by atoms with van der Waals surface area (Å²) in [6.45, 7) is -0.998. The van der Waals surface area contributed by atoms with Gasteiger partial charge in [0.25, 0.3) is 5.91 Å². The summed E-state index contributed by atoms with van der Waals surface area (Å²) in [5.74, 6) is 1.52. The number of nitrogens with one attached hydrogen (secondary N) is 3. The van der Waals surface area contributed by atoms with E-state index < -0.39 is 12.6 Å². The van der Waals surface area contributed by atoms with Crippen LogP contribution in [0.1, 0.15) is 22.3 Å². The lowest BCUT2D eigenvalue weighted by Crippen LogP contribution is -2.33. The predicted molar refractivity (Wildman–Crippen MR) is 143 cm³/mol. The quantitative estimate of drug-likeness (QED) is 0.377. The van der Waals surface area contributed by atoms with Crippen LogP contribution < -0.4 is 30.2 Å². The monoisotopic (exact) mass is 556 g/mol. The van der Waals surface area contributed by atoms with E-state index in [1.807, 2.05) is 25.2 Å². The fraction of sp³-hybridized carbons (Fsp3) is 0.286. The van der Waals surface area contributed by atoms with Crippen molar-refractivity contribution in [2.24, 2.45) is 0 Å². The van der Waals surface area contributed by atoms with Crippen LogP contribution in [0.2, 0.25) is 0 Å². The Morgan fingerprint density at radius 2 is 1.90 bits per heavy atom. The molecule has 4 rings (SSSR count). The Bertz CT molecular complexity index is 1330. The molecule has 212 valence electrons. The average molecular weight is 557 g/mol. The molecular weight excluding hydrogens is 526 g/mol. The van der Waals surface area contributed by atoms with Crippen LogP contribution in [-0.2, 0) is 11.3 Å². The summed E-state index contributed by atoms with van der Waals surface area (Å²) in [6.07, 6.45) is 6.18.